The number of carbonyl (C=O) groups is 1. The molecule has 0 saturated carbocycles. The normalized spacial score (nSPS) is 10.5. The third kappa shape index (κ3) is 4.39. The van der Waals surface area contributed by atoms with E-state index in [9.17, 15) is 4.79 Å². The number of benzene rings is 2. The molecule has 4 nitrogen and oxygen atoms in total. The second kappa shape index (κ2) is 7.38. The maximum Gasteiger partial charge on any atom is 0.255 e. The predicted octanol–water partition coefficient (Wildman–Crippen LogP) is 4.70. The molecule has 0 aliphatic rings. The van der Waals surface area contributed by atoms with Crippen LogP contribution in [0.5, 0.6) is 11.5 Å². The average molecular weight is 334 g/mol. The number of amides is 1. The lowest BCUT2D eigenvalue weighted by Crippen LogP contribution is -2.13. The van der Waals surface area contributed by atoms with Gasteiger partial charge in [-0.1, -0.05) is 17.7 Å². The summed E-state index contributed by atoms with van der Waals surface area (Å²) >= 11 is 6.08. The molecule has 1 amide bonds. The molecule has 2 aromatic rings. The first kappa shape index (κ1) is 17.2. The van der Waals surface area contributed by atoms with E-state index in [2.05, 4.69) is 5.32 Å². The van der Waals surface area contributed by atoms with Crippen LogP contribution in [-0.4, -0.2) is 19.1 Å². The van der Waals surface area contributed by atoms with Crippen molar-refractivity contribution in [2.45, 2.75) is 26.9 Å². The number of methoxy groups -OCH3 is 1. The molecule has 1 N–H and O–H groups in total. The SMILES string of the molecule is COc1cc(Cl)c(C)cc1NC(=O)c1cccc(OC(C)C)c1. The highest BCUT2D eigenvalue weighted by molar-refractivity contribution is 6.31. The van der Waals surface area contributed by atoms with Crippen LogP contribution in [0.1, 0.15) is 29.8 Å². The Balaban J connectivity index is 2.24. The molecular weight excluding hydrogens is 314 g/mol. The van der Waals surface area contributed by atoms with Crippen molar-refractivity contribution >= 4 is 23.2 Å². The standard InChI is InChI=1S/C18H20ClNO3/c1-11(2)23-14-7-5-6-13(9-14)18(21)20-16-8-12(3)15(19)10-17(16)22-4/h5-11H,1-4H3,(H,20,21). The summed E-state index contributed by atoms with van der Waals surface area (Å²) in [6.45, 7) is 5.75. The zero-order valence-electron chi connectivity index (χ0n) is 13.6. The second-order valence-electron chi connectivity index (χ2n) is 5.45. The van der Waals surface area contributed by atoms with Gasteiger partial charge in [0.15, 0.2) is 0 Å². The first-order chi connectivity index (χ1) is 10.9. The fraction of sp³-hybridized carbons (Fsp3) is 0.278. The molecule has 0 spiro atoms. The Morgan fingerprint density at radius 2 is 1.96 bits per heavy atom. The average Bonchev–Trinajstić information content (AvgIpc) is 2.50. The van der Waals surface area contributed by atoms with Crippen LogP contribution >= 0.6 is 11.6 Å². The van der Waals surface area contributed by atoms with Gasteiger partial charge in [0.1, 0.15) is 11.5 Å². The van der Waals surface area contributed by atoms with Gasteiger partial charge in [0, 0.05) is 16.7 Å². The molecule has 5 heteroatoms. The van der Waals surface area contributed by atoms with Crippen LogP contribution in [-0.2, 0) is 0 Å². The minimum atomic E-state index is -0.237. The monoisotopic (exact) mass is 333 g/mol. The Morgan fingerprint density at radius 1 is 1.22 bits per heavy atom. The largest absolute Gasteiger partial charge is 0.495 e. The van der Waals surface area contributed by atoms with E-state index in [-0.39, 0.29) is 12.0 Å². The lowest BCUT2D eigenvalue weighted by atomic mass is 10.1. The Labute approximate surface area is 141 Å². The number of anilines is 1. The highest BCUT2D eigenvalue weighted by atomic mass is 35.5. The third-order valence-corrected chi connectivity index (χ3v) is 3.60. The van der Waals surface area contributed by atoms with Gasteiger partial charge >= 0.3 is 0 Å². The molecule has 0 heterocycles. The number of carbonyl (C=O) groups excluding carboxylic acids is 1. The van der Waals surface area contributed by atoms with Crippen molar-refractivity contribution in [1.82, 2.24) is 0 Å². The quantitative estimate of drug-likeness (QED) is 0.863. The van der Waals surface area contributed by atoms with Gasteiger partial charge in [-0.15, -0.1) is 0 Å². The molecule has 0 atom stereocenters. The first-order valence-corrected chi connectivity index (χ1v) is 7.70. The smallest absolute Gasteiger partial charge is 0.255 e. The summed E-state index contributed by atoms with van der Waals surface area (Å²) in [6, 6.07) is 10.5. The maximum absolute atomic E-state index is 12.5. The summed E-state index contributed by atoms with van der Waals surface area (Å²) in [7, 11) is 1.54. The van der Waals surface area contributed by atoms with Crippen molar-refractivity contribution in [3.05, 3.63) is 52.5 Å². The first-order valence-electron chi connectivity index (χ1n) is 7.33. The van der Waals surface area contributed by atoms with Crippen LogP contribution < -0.4 is 14.8 Å². The van der Waals surface area contributed by atoms with Crippen molar-refractivity contribution in [2.24, 2.45) is 0 Å². The van der Waals surface area contributed by atoms with Gasteiger partial charge in [0.2, 0.25) is 0 Å². The lowest BCUT2D eigenvalue weighted by molar-refractivity contribution is 0.102. The highest BCUT2D eigenvalue weighted by Crippen LogP contribution is 2.31. The molecule has 0 bridgehead atoms. The van der Waals surface area contributed by atoms with E-state index in [4.69, 9.17) is 21.1 Å². The van der Waals surface area contributed by atoms with E-state index in [0.29, 0.717) is 27.8 Å². The van der Waals surface area contributed by atoms with Crippen LogP contribution in [0.3, 0.4) is 0 Å². The summed E-state index contributed by atoms with van der Waals surface area (Å²) < 4.78 is 10.9. The fourth-order valence-corrected chi connectivity index (χ4v) is 2.26. The van der Waals surface area contributed by atoms with E-state index < -0.39 is 0 Å². The zero-order valence-corrected chi connectivity index (χ0v) is 14.4. The molecule has 0 aliphatic heterocycles. The van der Waals surface area contributed by atoms with Crippen LogP contribution in [0.15, 0.2) is 36.4 Å². The number of hydrogen-bond donors (Lipinski definition) is 1. The van der Waals surface area contributed by atoms with Crippen molar-refractivity contribution in [1.29, 1.82) is 0 Å². The van der Waals surface area contributed by atoms with Crippen molar-refractivity contribution < 1.29 is 14.3 Å². The van der Waals surface area contributed by atoms with E-state index >= 15 is 0 Å². The van der Waals surface area contributed by atoms with Crippen LogP contribution in [0.4, 0.5) is 5.69 Å². The maximum atomic E-state index is 12.5. The molecule has 0 radical (unpaired) electrons. The van der Waals surface area contributed by atoms with E-state index in [1.165, 1.54) is 7.11 Å². The minimum absolute atomic E-state index is 0.0484. The number of nitrogens with one attached hydrogen (secondary N) is 1. The third-order valence-electron chi connectivity index (χ3n) is 3.20. The number of rotatable bonds is 5. The molecule has 0 fully saturated rings. The molecule has 0 aromatic heterocycles. The molecule has 2 aromatic carbocycles. The van der Waals surface area contributed by atoms with Crippen LogP contribution in [0, 0.1) is 6.92 Å². The van der Waals surface area contributed by atoms with Crippen LogP contribution in [0.2, 0.25) is 5.02 Å². The molecule has 0 unspecified atom stereocenters. The number of halogens is 1. The second-order valence-corrected chi connectivity index (χ2v) is 5.86. The molecule has 0 aliphatic carbocycles. The van der Waals surface area contributed by atoms with E-state index in [0.717, 1.165) is 5.56 Å². The van der Waals surface area contributed by atoms with E-state index in [1.54, 1.807) is 30.3 Å². The number of ether oxygens (including phenoxy) is 2. The fourth-order valence-electron chi connectivity index (χ4n) is 2.11. The van der Waals surface area contributed by atoms with Crippen molar-refractivity contribution in [2.75, 3.05) is 12.4 Å². The Kier molecular flexibility index (Phi) is 5.50. The van der Waals surface area contributed by atoms with Crippen molar-refractivity contribution in [3.63, 3.8) is 0 Å². The molecule has 23 heavy (non-hydrogen) atoms. The van der Waals surface area contributed by atoms with Gasteiger partial charge in [0.25, 0.3) is 5.91 Å². The number of hydrogen-bond acceptors (Lipinski definition) is 3. The molecular formula is C18H20ClNO3. The Bertz CT molecular complexity index is 713. The van der Waals surface area contributed by atoms with Gasteiger partial charge < -0.3 is 14.8 Å². The molecule has 0 saturated heterocycles. The highest BCUT2D eigenvalue weighted by Gasteiger charge is 2.13. The van der Waals surface area contributed by atoms with Crippen LogP contribution in [0.25, 0.3) is 0 Å². The van der Waals surface area contributed by atoms with Gasteiger partial charge in [-0.25, -0.2) is 0 Å². The predicted molar refractivity (Wildman–Crippen MR) is 92.9 cm³/mol. The van der Waals surface area contributed by atoms with E-state index in [1.807, 2.05) is 26.8 Å². The number of aryl methyl sites for hydroxylation is 1. The zero-order chi connectivity index (χ0) is 17.0. The molecule has 2 rings (SSSR count). The van der Waals surface area contributed by atoms with Gasteiger partial charge in [-0.05, 0) is 50.6 Å². The Morgan fingerprint density at radius 3 is 2.61 bits per heavy atom. The van der Waals surface area contributed by atoms with Gasteiger partial charge in [-0.3, -0.25) is 4.79 Å². The summed E-state index contributed by atoms with van der Waals surface area (Å²) in [6.07, 6.45) is 0.0484. The summed E-state index contributed by atoms with van der Waals surface area (Å²) in [5, 5.41) is 3.44. The summed E-state index contributed by atoms with van der Waals surface area (Å²) in [5.41, 5.74) is 1.95. The lowest BCUT2D eigenvalue weighted by Gasteiger charge is -2.13. The topological polar surface area (TPSA) is 47.6 Å². The molecule has 122 valence electrons. The van der Waals surface area contributed by atoms with Gasteiger partial charge in [-0.2, -0.15) is 0 Å². The summed E-state index contributed by atoms with van der Waals surface area (Å²) in [5.74, 6) is 0.940. The Hall–Kier alpha value is -2.20. The van der Waals surface area contributed by atoms with Gasteiger partial charge in [0.05, 0.1) is 18.9 Å². The summed E-state index contributed by atoms with van der Waals surface area (Å²) in [4.78, 5) is 12.5. The minimum Gasteiger partial charge on any atom is -0.495 e. The van der Waals surface area contributed by atoms with Crippen molar-refractivity contribution in [3.8, 4) is 11.5 Å².